The molecule has 6 amide bonds. The van der Waals surface area contributed by atoms with Gasteiger partial charge in [-0.3, -0.25) is 39.4 Å². The van der Waals surface area contributed by atoms with Crippen LogP contribution in [0.5, 0.6) is 0 Å². The highest BCUT2D eigenvalue weighted by atomic mass is 32.2. The van der Waals surface area contributed by atoms with E-state index >= 15 is 0 Å². The van der Waals surface area contributed by atoms with Crippen LogP contribution in [-0.2, 0) is 48.2 Å². The van der Waals surface area contributed by atoms with Gasteiger partial charge in [0.05, 0.1) is 23.6 Å². The number of nitrogens with one attached hydrogen (secondary N) is 8. The zero-order valence-corrected chi connectivity index (χ0v) is 37.9. The van der Waals surface area contributed by atoms with E-state index in [0.29, 0.717) is 13.1 Å². The molecule has 0 aromatic heterocycles. The van der Waals surface area contributed by atoms with E-state index in [9.17, 15) is 28.8 Å². The molecule has 2 heterocycles. The molecule has 334 valence electrons. The van der Waals surface area contributed by atoms with Crippen LogP contribution in [-0.4, -0.2) is 125 Å². The van der Waals surface area contributed by atoms with Crippen molar-refractivity contribution in [2.45, 2.75) is 91.5 Å². The van der Waals surface area contributed by atoms with Gasteiger partial charge in [-0.15, -0.1) is 23.5 Å². The summed E-state index contributed by atoms with van der Waals surface area (Å²) < 4.78 is -1.33. The molecule has 0 unspecified atom stereocenters. The van der Waals surface area contributed by atoms with Gasteiger partial charge in [0.15, 0.2) is 0 Å². The van der Waals surface area contributed by atoms with Crippen LogP contribution in [0.15, 0.2) is 91.0 Å². The maximum absolute atomic E-state index is 13.7. The standard InChI is InChI=1S/C45H61N9O6S2/c1-44(2)36(52-42(61-44)34(38(57)48-24-25-54(5)6)50-32(55)26-29-16-10-7-11-17-29)40(59)46-22-23-47-41(60)37-45(3,4)62-43(53-37)35(39(58)49-28-31-20-14-9-15-21-31)51-33(56)27-30-18-12-8-13-19-30/h7-21,34-37,42-43,52-53H,22-28H2,1-6H3,(H,46,59)(H,47,60)(H,48,57)(H,49,58)(H,50,55)(H,51,56)/t34-,35-,36+,37+,42-,43-/m1/s1. The lowest BCUT2D eigenvalue weighted by Crippen LogP contribution is -2.59. The van der Waals surface area contributed by atoms with Gasteiger partial charge >= 0.3 is 0 Å². The van der Waals surface area contributed by atoms with Crippen molar-refractivity contribution in [3.63, 3.8) is 0 Å². The predicted octanol–water partition coefficient (Wildman–Crippen LogP) is 1.29. The fourth-order valence-electron chi connectivity index (χ4n) is 7.25. The summed E-state index contributed by atoms with van der Waals surface area (Å²) in [5.41, 5.74) is 2.53. The minimum atomic E-state index is -0.985. The van der Waals surface area contributed by atoms with Gasteiger partial charge in [-0.1, -0.05) is 91.0 Å². The van der Waals surface area contributed by atoms with Crippen molar-refractivity contribution in [3.8, 4) is 0 Å². The average molecular weight is 888 g/mol. The van der Waals surface area contributed by atoms with Gasteiger partial charge in [-0.25, -0.2) is 0 Å². The Morgan fingerprint density at radius 3 is 1.35 bits per heavy atom. The lowest BCUT2D eigenvalue weighted by Gasteiger charge is -2.25. The van der Waals surface area contributed by atoms with Crippen LogP contribution in [0.2, 0.25) is 0 Å². The summed E-state index contributed by atoms with van der Waals surface area (Å²) in [5.74, 6) is -2.00. The first-order chi connectivity index (χ1) is 29.5. The van der Waals surface area contributed by atoms with Crippen molar-refractivity contribution in [2.75, 3.05) is 40.3 Å². The molecule has 2 fully saturated rings. The number of amides is 6. The van der Waals surface area contributed by atoms with Crippen molar-refractivity contribution in [3.05, 3.63) is 108 Å². The number of rotatable bonds is 20. The maximum atomic E-state index is 13.7. The molecule has 17 heteroatoms. The fraction of sp³-hybridized carbons (Fsp3) is 0.467. The summed E-state index contributed by atoms with van der Waals surface area (Å²) in [4.78, 5) is 83.0. The third-order valence-electron chi connectivity index (χ3n) is 10.5. The van der Waals surface area contributed by atoms with E-state index in [1.165, 1.54) is 23.5 Å². The van der Waals surface area contributed by atoms with Gasteiger partial charge in [0.2, 0.25) is 35.4 Å². The van der Waals surface area contributed by atoms with Crippen LogP contribution in [0, 0.1) is 0 Å². The molecule has 2 aliphatic heterocycles. The van der Waals surface area contributed by atoms with Gasteiger partial charge in [-0.2, -0.15) is 0 Å². The molecule has 6 atom stereocenters. The molecule has 0 bridgehead atoms. The Kier molecular flexibility index (Phi) is 17.4. The fourth-order valence-corrected chi connectivity index (χ4v) is 10.2. The SMILES string of the molecule is CN(C)CCNC(=O)[C@@H](NC(=O)Cc1ccccc1)[C@@H]1N[C@@H](C(=O)NCCNC(=O)[C@@H]2N[C@@H]([C@H](NC(=O)Cc3ccccc3)C(=O)NCc3ccccc3)SC2(C)C)C(C)(C)S1. The molecule has 3 aromatic carbocycles. The third kappa shape index (κ3) is 14.0. The Morgan fingerprint density at radius 2 is 0.952 bits per heavy atom. The van der Waals surface area contributed by atoms with Crippen LogP contribution < -0.4 is 42.5 Å². The molecule has 62 heavy (non-hydrogen) atoms. The van der Waals surface area contributed by atoms with Crippen LogP contribution in [0.3, 0.4) is 0 Å². The summed E-state index contributed by atoms with van der Waals surface area (Å²) >= 11 is 2.81. The number of benzene rings is 3. The zero-order valence-electron chi connectivity index (χ0n) is 36.3. The van der Waals surface area contributed by atoms with Crippen LogP contribution in [0.25, 0.3) is 0 Å². The van der Waals surface area contributed by atoms with E-state index in [2.05, 4.69) is 42.5 Å². The molecule has 2 saturated heterocycles. The van der Waals surface area contributed by atoms with E-state index < -0.39 is 44.4 Å². The number of hydrogen-bond acceptors (Lipinski definition) is 11. The summed E-state index contributed by atoms with van der Waals surface area (Å²) in [6, 6.07) is 24.6. The number of carbonyl (C=O) groups is 6. The second-order valence-corrected chi connectivity index (χ2v) is 20.4. The summed E-state index contributed by atoms with van der Waals surface area (Å²) in [6.45, 7) is 9.15. The molecule has 0 saturated carbocycles. The molecular formula is C45H61N9O6S2. The number of nitrogens with zero attached hydrogens (tertiary/aromatic N) is 1. The van der Waals surface area contributed by atoms with Crippen molar-refractivity contribution < 1.29 is 28.8 Å². The van der Waals surface area contributed by atoms with E-state index in [1.54, 1.807) is 0 Å². The molecule has 5 rings (SSSR count). The second kappa shape index (κ2) is 22.4. The Labute approximate surface area is 373 Å². The van der Waals surface area contributed by atoms with Crippen LogP contribution in [0.4, 0.5) is 0 Å². The molecule has 15 nitrogen and oxygen atoms in total. The highest BCUT2D eigenvalue weighted by Crippen LogP contribution is 2.40. The zero-order chi connectivity index (χ0) is 44.9. The molecule has 3 aromatic rings. The van der Waals surface area contributed by atoms with E-state index in [1.807, 2.05) is 138 Å². The molecule has 0 spiro atoms. The van der Waals surface area contributed by atoms with Gasteiger partial charge < -0.3 is 36.8 Å². The lowest BCUT2D eigenvalue weighted by atomic mass is 10.0. The van der Waals surface area contributed by atoms with Gasteiger partial charge in [0.25, 0.3) is 0 Å². The van der Waals surface area contributed by atoms with Crippen molar-refractivity contribution in [2.24, 2.45) is 0 Å². The second-order valence-electron chi connectivity index (χ2n) is 16.8. The molecule has 0 aliphatic carbocycles. The minimum Gasteiger partial charge on any atom is -0.353 e. The van der Waals surface area contributed by atoms with Crippen molar-refractivity contribution >= 4 is 59.0 Å². The number of likely N-dealkylation sites (N-methyl/N-ethyl adjacent to an activating group) is 1. The van der Waals surface area contributed by atoms with Gasteiger partial charge in [0.1, 0.15) is 24.2 Å². The maximum Gasteiger partial charge on any atom is 0.245 e. The highest BCUT2D eigenvalue weighted by Gasteiger charge is 2.50. The number of hydrogen-bond donors (Lipinski definition) is 8. The van der Waals surface area contributed by atoms with Crippen LogP contribution in [0.1, 0.15) is 44.4 Å². The predicted molar refractivity (Wildman–Crippen MR) is 245 cm³/mol. The monoisotopic (exact) mass is 887 g/mol. The first-order valence-electron chi connectivity index (χ1n) is 20.9. The van der Waals surface area contributed by atoms with Crippen molar-refractivity contribution in [1.29, 1.82) is 0 Å². The molecule has 8 N–H and O–H groups in total. The van der Waals surface area contributed by atoms with E-state index in [4.69, 9.17) is 0 Å². The highest BCUT2D eigenvalue weighted by molar-refractivity contribution is 8.01. The van der Waals surface area contributed by atoms with Crippen LogP contribution >= 0.6 is 23.5 Å². The van der Waals surface area contributed by atoms with Gasteiger partial charge in [0, 0.05) is 42.2 Å². The Bertz CT molecular complexity index is 1990. The third-order valence-corrected chi connectivity index (χ3v) is 13.6. The van der Waals surface area contributed by atoms with Gasteiger partial charge in [-0.05, 0) is 58.5 Å². The summed E-state index contributed by atoms with van der Waals surface area (Å²) in [7, 11) is 3.81. The smallest absolute Gasteiger partial charge is 0.245 e. The van der Waals surface area contributed by atoms with E-state index in [0.717, 1.165) is 16.7 Å². The lowest BCUT2D eigenvalue weighted by molar-refractivity contribution is -0.129. The Hall–Kier alpha value is -4.94. The minimum absolute atomic E-state index is 0.0882. The number of thioether (sulfide) groups is 2. The topological polar surface area (TPSA) is 202 Å². The molecule has 0 radical (unpaired) electrons. The molecular weight excluding hydrogens is 827 g/mol. The number of carbonyl (C=O) groups excluding carboxylic acids is 6. The Morgan fingerprint density at radius 1 is 0.565 bits per heavy atom. The largest absolute Gasteiger partial charge is 0.353 e. The normalized spacial score (nSPS) is 21.0. The Balaban J connectivity index is 1.16. The quantitative estimate of drug-likeness (QED) is 0.0761. The first kappa shape index (κ1) is 48.1. The summed E-state index contributed by atoms with van der Waals surface area (Å²) in [5, 5.41) is 22.9. The first-order valence-corrected chi connectivity index (χ1v) is 22.6. The van der Waals surface area contributed by atoms with Crippen molar-refractivity contribution in [1.82, 2.24) is 47.4 Å². The summed E-state index contributed by atoms with van der Waals surface area (Å²) in [6.07, 6.45) is 0.187. The molecule has 2 aliphatic rings. The average Bonchev–Trinajstić information content (AvgIpc) is 3.74. The van der Waals surface area contributed by atoms with E-state index in [-0.39, 0.29) is 67.9 Å².